The molecule has 3 nitrogen and oxygen atoms in total. The van der Waals surface area contributed by atoms with Gasteiger partial charge in [0.25, 0.3) is 0 Å². The highest BCUT2D eigenvalue weighted by atomic mass is 32.2. The molecular weight excluding hydrogens is 194 g/mol. The van der Waals surface area contributed by atoms with Crippen LogP contribution in [0.5, 0.6) is 0 Å². The molecule has 2 aromatic rings. The summed E-state index contributed by atoms with van der Waals surface area (Å²) in [6, 6.07) is 7.64. The number of hydrogen-bond acceptors (Lipinski definition) is 4. The number of anilines is 1. The minimum absolute atomic E-state index is 0.684. The van der Waals surface area contributed by atoms with Gasteiger partial charge in [0, 0.05) is 17.3 Å². The van der Waals surface area contributed by atoms with Crippen LogP contribution in [-0.4, -0.2) is 9.97 Å². The lowest BCUT2D eigenvalue weighted by atomic mass is 10.4. The van der Waals surface area contributed by atoms with Crippen LogP contribution in [0, 0.1) is 0 Å². The van der Waals surface area contributed by atoms with Crippen LogP contribution in [0.25, 0.3) is 0 Å². The topological polar surface area (TPSA) is 51.8 Å². The van der Waals surface area contributed by atoms with E-state index >= 15 is 0 Å². The van der Waals surface area contributed by atoms with E-state index in [1.165, 1.54) is 0 Å². The van der Waals surface area contributed by atoms with Gasteiger partial charge in [-0.3, -0.25) is 4.98 Å². The zero-order valence-electron chi connectivity index (χ0n) is 7.42. The van der Waals surface area contributed by atoms with Crippen molar-refractivity contribution in [3.05, 3.63) is 42.9 Å². The summed E-state index contributed by atoms with van der Waals surface area (Å²) in [5.41, 5.74) is 6.22. The monoisotopic (exact) mass is 203 g/mol. The zero-order chi connectivity index (χ0) is 9.80. The highest BCUT2D eigenvalue weighted by Gasteiger charge is 1.96. The predicted molar refractivity (Wildman–Crippen MR) is 57.0 cm³/mol. The van der Waals surface area contributed by atoms with Crippen molar-refractivity contribution in [1.29, 1.82) is 0 Å². The van der Waals surface area contributed by atoms with Crippen LogP contribution < -0.4 is 5.73 Å². The molecule has 4 heteroatoms. The van der Waals surface area contributed by atoms with E-state index in [-0.39, 0.29) is 0 Å². The molecule has 2 heterocycles. The second kappa shape index (κ2) is 4.11. The predicted octanol–water partition coefficient (Wildman–Crippen LogP) is 2.21. The summed E-state index contributed by atoms with van der Waals surface area (Å²) in [6.45, 7) is 0. The van der Waals surface area contributed by atoms with E-state index in [4.69, 9.17) is 5.73 Å². The number of aromatic nitrogens is 2. The Bertz CT molecular complexity index is 399. The standard InChI is InChI=1S/C10H9N3S/c11-8-1-2-10(13-7-8)14-9-3-5-12-6-4-9/h1-7H,11H2. The van der Waals surface area contributed by atoms with Gasteiger partial charge in [-0.1, -0.05) is 11.8 Å². The number of hydrogen-bond donors (Lipinski definition) is 1. The largest absolute Gasteiger partial charge is 0.397 e. The van der Waals surface area contributed by atoms with Gasteiger partial charge in [0.1, 0.15) is 5.03 Å². The molecule has 0 aliphatic rings. The lowest BCUT2D eigenvalue weighted by molar-refractivity contribution is 1.13. The molecular formula is C10H9N3S. The molecule has 70 valence electrons. The number of nitrogen functional groups attached to an aromatic ring is 1. The minimum atomic E-state index is 0.684. The van der Waals surface area contributed by atoms with Crippen molar-refractivity contribution < 1.29 is 0 Å². The number of nitrogens with two attached hydrogens (primary N) is 1. The molecule has 0 atom stereocenters. The highest BCUT2D eigenvalue weighted by molar-refractivity contribution is 7.99. The van der Waals surface area contributed by atoms with Crippen molar-refractivity contribution in [3.63, 3.8) is 0 Å². The van der Waals surface area contributed by atoms with Gasteiger partial charge in [0.05, 0.1) is 11.9 Å². The van der Waals surface area contributed by atoms with Crippen molar-refractivity contribution in [3.8, 4) is 0 Å². The van der Waals surface area contributed by atoms with E-state index in [1.54, 1.807) is 30.4 Å². The van der Waals surface area contributed by atoms with Crippen LogP contribution in [0.15, 0.2) is 52.8 Å². The fourth-order valence-electron chi connectivity index (χ4n) is 0.979. The number of nitrogens with zero attached hydrogens (tertiary/aromatic N) is 2. The van der Waals surface area contributed by atoms with Crippen LogP contribution in [0.3, 0.4) is 0 Å². The van der Waals surface area contributed by atoms with E-state index < -0.39 is 0 Å². The summed E-state index contributed by atoms with van der Waals surface area (Å²) in [5, 5.41) is 0.936. The molecule has 0 unspecified atom stereocenters. The number of pyridine rings is 2. The quantitative estimate of drug-likeness (QED) is 0.813. The fraction of sp³-hybridized carbons (Fsp3) is 0. The first-order chi connectivity index (χ1) is 6.84. The second-order valence-corrected chi connectivity index (χ2v) is 3.81. The molecule has 0 fully saturated rings. The molecule has 0 aromatic carbocycles. The van der Waals surface area contributed by atoms with Gasteiger partial charge >= 0.3 is 0 Å². The van der Waals surface area contributed by atoms with Crippen LogP contribution in [0.1, 0.15) is 0 Å². The maximum absolute atomic E-state index is 5.54. The fourth-order valence-corrected chi connectivity index (χ4v) is 1.72. The Balaban J connectivity index is 2.16. The molecule has 0 spiro atoms. The van der Waals surface area contributed by atoms with E-state index in [1.807, 2.05) is 24.3 Å². The van der Waals surface area contributed by atoms with E-state index in [0.717, 1.165) is 9.92 Å². The van der Waals surface area contributed by atoms with Crippen LogP contribution in [-0.2, 0) is 0 Å². The molecule has 0 saturated carbocycles. The smallest absolute Gasteiger partial charge is 0.101 e. The van der Waals surface area contributed by atoms with Gasteiger partial charge in [-0.2, -0.15) is 0 Å². The van der Waals surface area contributed by atoms with E-state index in [2.05, 4.69) is 9.97 Å². The first kappa shape index (κ1) is 9.02. The first-order valence-electron chi connectivity index (χ1n) is 4.14. The third-order valence-corrected chi connectivity index (χ3v) is 2.59. The molecule has 0 aliphatic heterocycles. The maximum Gasteiger partial charge on any atom is 0.101 e. The molecule has 2 N–H and O–H groups in total. The van der Waals surface area contributed by atoms with Crippen LogP contribution in [0.2, 0.25) is 0 Å². The highest BCUT2D eigenvalue weighted by Crippen LogP contribution is 2.24. The summed E-state index contributed by atoms with van der Waals surface area (Å²) in [4.78, 5) is 9.26. The summed E-state index contributed by atoms with van der Waals surface area (Å²) >= 11 is 1.59. The molecule has 0 radical (unpaired) electrons. The Labute approximate surface area is 86.4 Å². The summed E-state index contributed by atoms with van der Waals surface area (Å²) in [7, 11) is 0. The Morgan fingerprint density at radius 2 is 1.86 bits per heavy atom. The third-order valence-electron chi connectivity index (χ3n) is 1.63. The molecule has 0 amide bonds. The van der Waals surface area contributed by atoms with Crippen LogP contribution in [0.4, 0.5) is 5.69 Å². The van der Waals surface area contributed by atoms with Gasteiger partial charge in [-0.15, -0.1) is 0 Å². The molecule has 0 aliphatic carbocycles. The summed E-state index contributed by atoms with van der Waals surface area (Å²) in [5.74, 6) is 0. The minimum Gasteiger partial charge on any atom is -0.397 e. The van der Waals surface area contributed by atoms with Crippen molar-refractivity contribution >= 4 is 17.4 Å². The molecule has 0 saturated heterocycles. The summed E-state index contributed by atoms with van der Waals surface area (Å²) < 4.78 is 0. The third kappa shape index (κ3) is 2.23. The molecule has 2 rings (SSSR count). The van der Waals surface area contributed by atoms with Crippen molar-refractivity contribution in [2.75, 3.05) is 5.73 Å². The van der Waals surface area contributed by atoms with E-state index in [0.29, 0.717) is 5.69 Å². The zero-order valence-corrected chi connectivity index (χ0v) is 8.24. The summed E-state index contributed by atoms with van der Waals surface area (Å²) in [6.07, 6.45) is 5.18. The lowest BCUT2D eigenvalue weighted by Crippen LogP contribution is -1.86. The SMILES string of the molecule is Nc1ccc(Sc2ccncc2)nc1. The van der Waals surface area contributed by atoms with Gasteiger partial charge in [-0.05, 0) is 24.3 Å². The average molecular weight is 203 g/mol. The molecule has 14 heavy (non-hydrogen) atoms. The Morgan fingerprint density at radius 3 is 2.50 bits per heavy atom. The normalized spacial score (nSPS) is 10.0. The lowest BCUT2D eigenvalue weighted by Gasteiger charge is -1.99. The second-order valence-electron chi connectivity index (χ2n) is 2.71. The van der Waals surface area contributed by atoms with Gasteiger partial charge in [0.15, 0.2) is 0 Å². The van der Waals surface area contributed by atoms with Crippen LogP contribution >= 0.6 is 11.8 Å². The van der Waals surface area contributed by atoms with Gasteiger partial charge < -0.3 is 5.73 Å². The Hall–Kier alpha value is -1.55. The van der Waals surface area contributed by atoms with Gasteiger partial charge in [0.2, 0.25) is 0 Å². The first-order valence-corrected chi connectivity index (χ1v) is 4.95. The number of rotatable bonds is 2. The molecule has 2 aromatic heterocycles. The maximum atomic E-state index is 5.54. The Morgan fingerprint density at radius 1 is 1.07 bits per heavy atom. The molecule has 0 bridgehead atoms. The Kier molecular flexibility index (Phi) is 2.65. The van der Waals surface area contributed by atoms with Crippen molar-refractivity contribution in [2.24, 2.45) is 0 Å². The average Bonchev–Trinajstić information content (AvgIpc) is 2.23. The van der Waals surface area contributed by atoms with Crippen molar-refractivity contribution in [1.82, 2.24) is 9.97 Å². The van der Waals surface area contributed by atoms with Gasteiger partial charge in [-0.25, -0.2) is 4.98 Å². The van der Waals surface area contributed by atoms with E-state index in [9.17, 15) is 0 Å². The van der Waals surface area contributed by atoms with Crippen molar-refractivity contribution in [2.45, 2.75) is 9.92 Å².